The van der Waals surface area contributed by atoms with Crippen LogP contribution in [0.2, 0.25) is 0 Å². The van der Waals surface area contributed by atoms with Gasteiger partial charge in [-0.25, -0.2) is 4.39 Å². The van der Waals surface area contributed by atoms with E-state index < -0.39 is 24.0 Å². The molecule has 2 atom stereocenters. The highest BCUT2D eigenvalue weighted by atomic mass is 19.4. The molecule has 1 aromatic carbocycles. The molecular formula is C14H17F4N. The average Bonchev–Trinajstić information content (AvgIpc) is 2.26. The Balaban J connectivity index is 2.15. The molecule has 19 heavy (non-hydrogen) atoms. The molecule has 106 valence electrons. The zero-order chi connectivity index (χ0) is 14.0. The zero-order valence-electron chi connectivity index (χ0n) is 10.7. The van der Waals surface area contributed by atoms with Crippen LogP contribution in [-0.2, 0) is 0 Å². The summed E-state index contributed by atoms with van der Waals surface area (Å²) < 4.78 is 52.1. The minimum Gasteiger partial charge on any atom is -0.382 e. The van der Waals surface area contributed by atoms with Crippen molar-refractivity contribution in [3.63, 3.8) is 0 Å². The number of alkyl halides is 3. The molecule has 0 spiro atoms. The SMILES string of the molecule is Cc1cc(F)cc(NC2CCCCC2C(F)(F)F)c1. The molecule has 0 saturated heterocycles. The fourth-order valence-electron chi connectivity index (χ4n) is 2.73. The van der Waals surface area contributed by atoms with E-state index >= 15 is 0 Å². The van der Waals surface area contributed by atoms with Crippen molar-refractivity contribution in [2.75, 3.05) is 5.32 Å². The smallest absolute Gasteiger partial charge is 0.382 e. The third-order valence-corrected chi connectivity index (χ3v) is 3.58. The number of halogens is 4. The number of benzene rings is 1. The van der Waals surface area contributed by atoms with E-state index in [-0.39, 0.29) is 6.42 Å². The Bertz CT molecular complexity index is 421. The summed E-state index contributed by atoms with van der Waals surface area (Å²) >= 11 is 0. The van der Waals surface area contributed by atoms with Gasteiger partial charge in [0.25, 0.3) is 0 Å². The van der Waals surface area contributed by atoms with E-state index in [1.807, 2.05) is 0 Å². The van der Waals surface area contributed by atoms with Crippen LogP contribution in [0.5, 0.6) is 0 Å². The molecule has 1 saturated carbocycles. The van der Waals surface area contributed by atoms with Gasteiger partial charge < -0.3 is 5.32 Å². The fraction of sp³-hybridized carbons (Fsp3) is 0.571. The fourth-order valence-corrected chi connectivity index (χ4v) is 2.73. The first-order valence-electron chi connectivity index (χ1n) is 6.47. The summed E-state index contributed by atoms with van der Waals surface area (Å²) in [5.74, 6) is -1.77. The van der Waals surface area contributed by atoms with Gasteiger partial charge in [0, 0.05) is 11.7 Å². The topological polar surface area (TPSA) is 12.0 Å². The molecule has 0 heterocycles. The van der Waals surface area contributed by atoms with E-state index in [2.05, 4.69) is 5.32 Å². The van der Waals surface area contributed by atoms with E-state index in [0.29, 0.717) is 24.1 Å². The third kappa shape index (κ3) is 3.61. The normalized spacial score (nSPS) is 24.3. The maximum atomic E-state index is 13.3. The molecule has 1 aliphatic carbocycles. The molecule has 1 aromatic rings. The Labute approximate surface area is 110 Å². The Morgan fingerprint density at radius 1 is 1.11 bits per heavy atom. The lowest BCUT2D eigenvalue weighted by molar-refractivity contribution is -0.184. The van der Waals surface area contributed by atoms with Crippen LogP contribution in [0.3, 0.4) is 0 Å². The minimum atomic E-state index is -4.19. The molecule has 0 aromatic heterocycles. The van der Waals surface area contributed by atoms with Crippen LogP contribution in [0.4, 0.5) is 23.2 Å². The average molecular weight is 275 g/mol. The molecule has 0 amide bonds. The van der Waals surface area contributed by atoms with Crippen molar-refractivity contribution in [1.82, 2.24) is 0 Å². The Morgan fingerprint density at radius 2 is 1.79 bits per heavy atom. The summed E-state index contributed by atoms with van der Waals surface area (Å²) in [6.45, 7) is 1.72. The van der Waals surface area contributed by atoms with Crippen molar-refractivity contribution in [3.05, 3.63) is 29.6 Å². The Kier molecular flexibility index (Phi) is 4.02. The second kappa shape index (κ2) is 5.39. The van der Waals surface area contributed by atoms with Crippen molar-refractivity contribution >= 4 is 5.69 Å². The molecule has 2 rings (SSSR count). The summed E-state index contributed by atoms with van der Waals surface area (Å²) in [6, 6.07) is 3.61. The summed E-state index contributed by atoms with van der Waals surface area (Å²) in [5, 5.41) is 2.86. The van der Waals surface area contributed by atoms with Gasteiger partial charge in [-0.1, -0.05) is 12.8 Å². The van der Waals surface area contributed by atoms with E-state index in [9.17, 15) is 17.6 Å². The highest BCUT2D eigenvalue weighted by Crippen LogP contribution is 2.39. The van der Waals surface area contributed by atoms with Crippen LogP contribution in [0.25, 0.3) is 0 Å². The van der Waals surface area contributed by atoms with Gasteiger partial charge in [-0.15, -0.1) is 0 Å². The van der Waals surface area contributed by atoms with Gasteiger partial charge in [-0.2, -0.15) is 13.2 Å². The molecule has 0 aliphatic heterocycles. The first kappa shape index (κ1) is 14.2. The lowest BCUT2D eigenvalue weighted by Crippen LogP contribution is -2.41. The summed E-state index contributed by atoms with van der Waals surface area (Å²) in [7, 11) is 0. The second-order valence-electron chi connectivity index (χ2n) is 5.20. The van der Waals surface area contributed by atoms with Crippen molar-refractivity contribution in [2.45, 2.75) is 44.8 Å². The van der Waals surface area contributed by atoms with Gasteiger partial charge in [0.15, 0.2) is 0 Å². The molecule has 1 fully saturated rings. The van der Waals surface area contributed by atoms with Crippen molar-refractivity contribution in [3.8, 4) is 0 Å². The Hall–Kier alpha value is -1.26. The van der Waals surface area contributed by atoms with Gasteiger partial charge in [0.05, 0.1) is 5.92 Å². The van der Waals surface area contributed by atoms with Crippen molar-refractivity contribution in [2.24, 2.45) is 5.92 Å². The van der Waals surface area contributed by atoms with E-state index in [1.165, 1.54) is 12.1 Å². The summed E-state index contributed by atoms with van der Waals surface area (Å²) in [5.41, 5.74) is 1.13. The number of hydrogen-bond donors (Lipinski definition) is 1. The van der Waals surface area contributed by atoms with Gasteiger partial charge >= 0.3 is 6.18 Å². The maximum absolute atomic E-state index is 13.3. The second-order valence-corrected chi connectivity index (χ2v) is 5.20. The van der Waals surface area contributed by atoms with E-state index in [0.717, 1.165) is 6.42 Å². The molecule has 1 nitrogen and oxygen atoms in total. The zero-order valence-corrected chi connectivity index (χ0v) is 10.7. The molecule has 0 radical (unpaired) electrons. The molecule has 2 unspecified atom stereocenters. The predicted molar refractivity (Wildman–Crippen MR) is 66.6 cm³/mol. The first-order valence-corrected chi connectivity index (χ1v) is 6.47. The molecule has 5 heteroatoms. The van der Waals surface area contributed by atoms with Crippen molar-refractivity contribution < 1.29 is 17.6 Å². The minimum absolute atomic E-state index is 0.148. The number of rotatable bonds is 2. The number of aryl methyl sites for hydroxylation is 1. The van der Waals surface area contributed by atoms with Crippen LogP contribution in [-0.4, -0.2) is 12.2 Å². The monoisotopic (exact) mass is 275 g/mol. The number of anilines is 1. The molecule has 1 N–H and O–H groups in total. The lowest BCUT2D eigenvalue weighted by atomic mass is 9.84. The quantitative estimate of drug-likeness (QED) is 0.773. The van der Waals surface area contributed by atoms with Crippen LogP contribution < -0.4 is 5.32 Å². The highest BCUT2D eigenvalue weighted by Gasteiger charge is 2.45. The van der Waals surface area contributed by atoms with Crippen molar-refractivity contribution in [1.29, 1.82) is 0 Å². The third-order valence-electron chi connectivity index (χ3n) is 3.58. The lowest BCUT2D eigenvalue weighted by Gasteiger charge is -2.34. The number of hydrogen-bond acceptors (Lipinski definition) is 1. The molecule has 1 aliphatic rings. The van der Waals surface area contributed by atoms with Gasteiger partial charge in [-0.3, -0.25) is 0 Å². The van der Waals surface area contributed by atoms with Crippen LogP contribution >= 0.6 is 0 Å². The van der Waals surface area contributed by atoms with E-state index in [4.69, 9.17) is 0 Å². The van der Waals surface area contributed by atoms with Gasteiger partial charge in [0.1, 0.15) is 5.82 Å². The predicted octanol–water partition coefficient (Wildman–Crippen LogP) is 4.67. The van der Waals surface area contributed by atoms with Gasteiger partial charge in [-0.05, 0) is 43.5 Å². The highest BCUT2D eigenvalue weighted by molar-refractivity contribution is 5.47. The van der Waals surface area contributed by atoms with E-state index in [1.54, 1.807) is 13.0 Å². The summed E-state index contributed by atoms with van der Waals surface area (Å²) in [6.07, 6.45) is -2.20. The largest absolute Gasteiger partial charge is 0.393 e. The first-order chi connectivity index (χ1) is 8.86. The van der Waals surface area contributed by atoms with Crippen LogP contribution in [0, 0.1) is 18.7 Å². The number of nitrogens with one attached hydrogen (secondary N) is 1. The van der Waals surface area contributed by atoms with Gasteiger partial charge in [0.2, 0.25) is 0 Å². The molecular weight excluding hydrogens is 258 g/mol. The van der Waals surface area contributed by atoms with Crippen LogP contribution in [0.1, 0.15) is 31.2 Å². The Morgan fingerprint density at radius 3 is 2.42 bits per heavy atom. The maximum Gasteiger partial charge on any atom is 0.393 e. The summed E-state index contributed by atoms with van der Waals surface area (Å²) in [4.78, 5) is 0. The molecule has 0 bridgehead atoms. The standard InChI is InChI=1S/C14H17F4N/c1-9-6-10(15)8-11(7-9)19-13-5-3-2-4-12(13)14(16,17)18/h6-8,12-13,19H,2-5H2,1H3. The van der Waals surface area contributed by atoms with Crippen LogP contribution in [0.15, 0.2) is 18.2 Å².